The number of ether oxygens (including phenoxy) is 1. The first-order chi connectivity index (χ1) is 5.06. The Morgan fingerprint density at radius 3 is 2.55 bits per heavy atom. The highest BCUT2D eigenvalue weighted by atomic mass is 79.9. The predicted octanol–water partition coefficient (Wildman–Crippen LogP) is 1.71. The van der Waals surface area contributed by atoms with Gasteiger partial charge in [0.05, 0.1) is 0 Å². The highest BCUT2D eigenvalue weighted by molar-refractivity contribution is 9.10. The van der Waals surface area contributed by atoms with E-state index in [4.69, 9.17) is 9.26 Å². The van der Waals surface area contributed by atoms with Gasteiger partial charge in [-0.05, 0) is 34.9 Å². The second kappa shape index (κ2) is 2.91. The molecule has 0 spiro atoms. The quantitative estimate of drug-likeness (QED) is 0.762. The van der Waals surface area contributed by atoms with Gasteiger partial charge in [-0.25, -0.2) is 0 Å². The molecule has 0 aliphatic heterocycles. The molecule has 1 aromatic heterocycles. The highest BCUT2D eigenvalue weighted by Gasteiger charge is 2.26. The van der Waals surface area contributed by atoms with E-state index in [1.54, 1.807) is 7.11 Å². The number of methoxy groups -OCH3 is 1. The fraction of sp³-hybridized carbons (Fsp3) is 0.667. The zero-order chi connectivity index (χ0) is 8.48. The zero-order valence-corrected chi connectivity index (χ0v) is 8.17. The molecule has 0 bridgehead atoms. The van der Waals surface area contributed by atoms with Gasteiger partial charge in [0.15, 0.2) is 0 Å². The van der Waals surface area contributed by atoms with Crippen LogP contribution in [0.3, 0.4) is 0 Å². The SMILES string of the molecule is COC(C)(C)c1nc(Br)no1. The third-order valence-electron chi connectivity index (χ3n) is 1.43. The van der Waals surface area contributed by atoms with Crippen molar-refractivity contribution in [2.45, 2.75) is 19.4 Å². The topological polar surface area (TPSA) is 48.2 Å². The van der Waals surface area contributed by atoms with E-state index in [9.17, 15) is 0 Å². The van der Waals surface area contributed by atoms with Crippen molar-refractivity contribution < 1.29 is 9.26 Å². The van der Waals surface area contributed by atoms with Crippen LogP contribution >= 0.6 is 15.9 Å². The maximum atomic E-state index is 5.12. The lowest BCUT2D eigenvalue weighted by Gasteiger charge is -2.16. The van der Waals surface area contributed by atoms with Crippen LogP contribution in [0.2, 0.25) is 0 Å². The Kier molecular flexibility index (Phi) is 2.29. The molecule has 0 aromatic carbocycles. The van der Waals surface area contributed by atoms with E-state index in [1.807, 2.05) is 13.8 Å². The Morgan fingerprint density at radius 1 is 1.55 bits per heavy atom. The second-order valence-corrected chi connectivity index (χ2v) is 3.29. The van der Waals surface area contributed by atoms with Crippen molar-refractivity contribution in [2.75, 3.05) is 7.11 Å². The van der Waals surface area contributed by atoms with Gasteiger partial charge in [-0.2, -0.15) is 4.98 Å². The predicted molar refractivity (Wildman–Crippen MR) is 42.0 cm³/mol. The van der Waals surface area contributed by atoms with Gasteiger partial charge in [-0.15, -0.1) is 0 Å². The third kappa shape index (κ3) is 1.78. The van der Waals surface area contributed by atoms with Gasteiger partial charge in [0.2, 0.25) is 4.73 Å². The molecule has 0 saturated heterocycles. The van der Waals surface area contributed by atoms with Crippen LogP contribution < -0.4 is 0 Å². The molecule has 1 rings (SSSR count). The van der Waals surface area contributed by atoms with Crippen LogP contribution in [0, 0.1) is 0 Å². The summed E-state index contributed by atoms with van der Waals surface area (Å²) in [7, 11) is 1.60. The van der Waals surface area contributed by atoms with E-state index in [2.05, 4.69) is 26.1 Å². The molecule has 4 nitrogen and oxygen atoms in total. The largest absolute Gasteiger partial charge is 0.369 e. The van der Waals surface area contributed by atoms with Gasteiger partial charge in [-0.1, -0.05) is 0 Å². The lowest BCUT2D eigenvalue weighted by Crippen LogP contribution is -2.19. The molecule has 1 heterocycles. The molecule has 0 unspecified atom stereocenters. The van der Waals surface area contributed by atoms with Crippen LogP contribution in [-0.2, 0) is 10.3 Å². The summed E-state index contributed by atoms with van der Waals surface area (Å²) in [5.41, 5.74) is -0.515. The lowest BCUT2D eigenvalue weighted by atomic mass is 10.1. The first kappa shape index (κ1) is 8.67. The molecular weight excluding hydrogens is 212 g/mol. The van der Waals surface area contributed by atoms with Crippen molar-refractivity contribution in [3.8, 4) is 0 Å². The number of rotatable bonds is 2. The Hall–Kier alpha value is -0.420. The first-order valence-electron chi connectivity index (χ1n) is 3.11. The standard InChI is InChI=1S/C6H9BrN2O2/c1-6(2,10-3)4-8-5(7)9-11-4/h1-3H3. The van der Waals surface area contributed by atoms with Crippen molar-refractivity contribution >= 4 is 15.9 Å². The van der Waals surface area contributed by atoms with Crippen molar-refractivity contribution in [1.82, 2.24) is 10.1 Å². The molecule has 0 aliphatic carbocycles. The third-order valence-corrected chi connectivity index (χ3v) is 1.75. The molecule has 0 radical (unpaired) electrons. The van der Waals surface area contributed by atoms with Crippen LogP contribution in [0.1, 0.15) is 19.7 Å². The van der Waals surface area contributed by atoms with E-state index >= 15 is 0 Å². The molecule has 0 saturated carbocycles. The van der Waals surface area contributed by atoms with Gasteiger partial charge in [0.25, 0.3) is 5.89 Å². The number of hydrogen-bond donors (Lipinski definition) is 0. The molecule has 0 amide bonds. The van der Waals surface area contributed by atoms with E-state index in [0.29, 0.717) is 10.6 Å². The average molecular weight is 221 g/mol. The minimum Gasteiger partial charge on any atom is -0.369 e. The Labute approximate surface area is 73.1 Å². The van der Waals surface area contributed by atoms with Crippen molar-refractivity contribution in [2.24, 2.45) is 0 Å². The molecule has 62 valence electrons. The number of halogens is 1. The van der Waals surface area contributed by atoms with Gasteiger partial charge in [0.1, 0.15) is 5.60 Å². The van der Waals surface area contributed by atoms with Crippen LogP contribution in [-0.4, -0.2) is 17.3 Å². The summed E-state index contributed by atoms with van der Waals surface area (Å²) < 4.78 is 10.4. The molecular formula is C6H9BrN2O2. The summed E-state index contributed by atoms with van der Waals surface area (Å²) in [5.74, 6) is 0.465. The molecule has 1 aromatic rings. The fourth-order valence-corrected chi connectivity index (χ4v) is 0.771. The zero-order valence-electron chi connectivity index (χ0n) is 6.59. The Morgan fingerprint density at radius 2 is 2.18 bits per heavy atom. The van der Waals surface area contributed by atoms with E-state index in [1.165, 1.54) is 0 Å². The fourth-order valence-electron chi connectivity index (χ4n) is 0.537. The van der Waals surface area contributed by atoms with Crippen LogP contribution in [0.15, 0.2) is 9.26 Å². The summed E-state index contributed by atoms with van der Waals surface area (Å²) in [5, 5.41) is 3.58. The van der Waals surface area contributed by atoms with E-state index in [0.717, 1.165) is 0 Å². The summed E-state index contributed by atoms with van der Waals surface area (Å²) in [4.78, 5) is 3.97. The van der Waals surface area contributed by atoms with Crippen molar-refractivity contribution in [3.05, 3.63) is 10.6 Å². The highest BCUT2D eigenvalue weighted by Crippen LogP contribution is 2.22. The number of nitrogens with zero attached hydrogens (tertiary/aromatic N) is 2. The summed E-state index contributed by atoms with van der Waals surface area (Å²) in [6.07, 6.45) is 0. The van der Waals surface area contributed by atoms with Gasteiger partial charge < -0.3 is 9.26 Å². The molecule has 0 atom stereocenters. The molecule has 0 fully saturated rings. The smallest absolute Gasteiger partial charge is 0.259 e. The summed E-state index contributed by atoms with van der Waals surface area (Å²) in [6, 6.07) is 0. The van der Waals surface area contributed by atoms with Crippen molar-refractivity contribution in [1.29, 1.82) is 0 Å². The van der Waals surface area contributed by atoms with Gasteiger partial charge in [-0.3, -0.25) is 0 Å². The van der Waals surface area contributed by atoms with E-state index in [-0.39, 0.29) is 0 Å². The van der Waals surface area contributed by atoms with Crippen LogP contribution in [0.4, 0.5) is 0 Å². The van der Waals surface area contributed by atoms with Crippen LogP contribution in [0.25, 0.3) is 0 Å². The molecule has 5 heteroatoms. The molecule has 11 heavy (non-hydrogen) atoms. The maximum absolute atomic E-state index is 5.12. The van der Waals surface area contributed by atoms with Crippen LogP contribution in [0.5, 0.6) is 0 Å². The minimum atomic E-state index is -0.515. The van der Waals surface area contributed by atoms with E-state index < -0.39 is 5.60 Å². The van der Waals surface area contributed by atoms with Gasteiger partial charge in [0, 0.05) is 7.11 Å². The Bertz CT molecular complexity index is 246. The lowest BCUT2D eigenvalue weighted by molar-refractivity contribution is -0.00786. The molecule has 0 aliphatic rings. The van der Waals surface area contributed by atoms with Gasteiger partial charge >= 0.3 is 0 Å². The first-order valence-corrected chi connectivity index (χ1v) is 3.90. The number of hydrogen-bond acceptors (Lipinski definition) is 4. The Balaban J connectivity index is 2.92. The number of aromatic nitrogens is 2. The summed E-state index contributed by atoms with van der Waals surface area (Å²) in [6.45, 7) is 3.71. The maximum Gasteiger partial charge on any atom is 0.259 e. The monoisotopic (exact) mass is 220 g/mol. The van der Waals surface area contributed by atoms with Crippen molar-refractivity contribution in [3.63, 3.8) is 0 Å². The normalized spacial score (nSPS) is 12.0. The second-order valence-electron chi connectivity index (χ2n) is 2.58. The summed E-state index contributed by atoms with van der Waals surface area (Å²) >= 11 is 3.08. The average Bonchev–Trinajstić information content (AvgIpc) is 2.36. The minimum absolute atomic E-state index is 0.442. The molecule has 0 N–H and O–H groups in total.